The Morgan fingerprint density at radius 2 is 1.62 bits per heavy atom. The second kappa shape index (κ2) is 8.89. The molecule has 3 aromatic carbocycles. The number of anilines is 1. The van der Waals surface area contributed by atoms with Crippen LogP contribution in [-0.4, -0.2) is 31.1 Å². The van der Waals surface area contributed by atoms with E-state index in [2.05, 4.69) is 5.32 Å². The van der Waals surface area contributed by atoms with Crippen LogP contribution in [0.4, 0.5) is 5.69 Å². The molecule has 0 radical (unpaired) electrons. The Balaban J connectivity index is 1.74. The average Bonchev–Trinajstić information content (AvgIpc) is 2.83. The Labute approximate surface area is 185 Å². The molecule has 0 atom stereocenters. The van der Waals surface area contributed by atoms with Crippen LogP contribution in [0.3, 0.4) is 0 Å². The van der Waals surface area contributed by atoms with Crippen molar-refractivity contribution in [3.8, 4) is 17.0 Å². The number of carbonyl (C=O) groups is 2. The monoisotopic (exact) mass is 426 g/mol. The number of para-hydroxylation sites is 1. The summed E-state index contributed by atoms with van der Waals surface area (Å²) < 4.78 is 9.95. The van der Waals surface area contributed by atoms with E-state index in [0.29, 0.717) is 22.5 Å². The van der Waals surface area contributed by atoms with Crippen molar-refractivity contribution in [3.63, 3.8) is 0 Å². The normalized spacial score (nSPS) is 10.6. The Bertz CT molecular complexity index is 1300. The minimum atomic E-state index is -0.428. The molecule has 0 fully saturated rings. The number of methoxy groups -OCH3 is 2. The van der Waals surface area contributed by atoms with Crippen LogP contribution in [0.15, 0.2) is 72.8 Å². The number of aromatic nitrogens is 1. The van der Waals surface area contributed by atoms with Gasteiger partial charge in [-0.05, 0) is 67.1 Å². The van der Waals surface area contributed by atoms with Crippen molar-refractivity contribution in [1.82, 2.24) is 4.98 Å². The van der Waals surface area contributed by atoms with Crippen molar-refractivity contribution < 1.29 is 19.1 Å². The van der Waals surface area contributed by atoms with Crippen LogP contribution in [-0.2, 0) is 4.74 Å². The zero-order valence-electron chi connectivity index (χ0n) is 18.0. The molecule has 0 bridgehead atoms. The first kappa shape index (κ1) is 21.1. The van der Waals surface area contributed by atoms with Gasteiger partial charge in [-0.1, -0.05) is 18.2 Å². The highest BCUT2D eigenvalue weighted by Crippen LogP contribution is 2.28. The molecule has 0 aliphatic rings. The molecule has 4 aromatic rings. The summed E-state index contributed by atoms with van der Waals surface area (Å²) in [6.45, 7) is 1.97. The van der Waals surface area contributed by atoms with Crippen LogP contribution in [0.1, 0.15) is 26.3 Å². The smallest absolute Gasteiger partial charge is 0.337 e. The van der Waals surface area contributed by atoms with Gasteiger partial charge in [0.2, 0.25) is 0 Å². The first-order valence-corrected chi connectivity index (χ1v) is 10.0. The van der Waals surface area contributed by atoms with Crippen LogP contribution < -0.4 is 10.1 Å². The van der Waals surface area contributed by atoms with Crippen LogP contribution >= 0.6 is 0 Å². The van der Waals surface area contributed by atoms with E-state index in [1.165, 1.54) is 7.11 Å². The lowest BCUT2D eigenvalue weighted by Crippen LogP contribution is -2.13. The Hall–Kier alpha value is -4.19. The first-order chi connectivity index (χ1) is 15.5. The van der Waals surface area contributed by atoms with Gasteiger partial charge >= 0.3 is 5.97 Å². The largest absolute Gasteiger partial charge is 0.497 e. The molecule has 6 heteroatoms. The fourth-order valence-electron chi connectivity index (χ4n) is 3.50. The van der Waals surface area contributed by atoms with Crippen LogP contribution in [0.5, 0.6) is 5.75 Å². The number of benzene rings is 3. The van der Waals surface area contributed by atoms with E-state index in [1.807, 2.05) is 49.4 Å². The van der Waals surface area contributed by atoms with Gasteiger partial charge in [0.05, 0.1) is 36.6 Å². The molecular weight excluding hydrogens is 404 g/mol. The van der Waals surface area contributed by atoms with E-state index in [4.69, 9.17) is 14.5 Å². The summed E-state index contributed by atoms with van der Waals surface area (Å²) in [4.78, 5) is 29.7. The molecule has 1 aromatic heterocycles. The molecule has 0 saturated carbocycles. The standard InChI is InChI=1S/C26H22N2O4/c1-16-5-4-6-21-22(25(29)27-19-11-7-18(8-12-19)26(30)32-3)15-23(28-24(16)21)17-9-13-20(31-2)14-10-17/h4-15H,1-3H3,(H,27,29). The summed E-state index contributed by atoms with van der Waals surface area (Å²) in [6, 6.07) is 21.7. The van der Waals surface area contributed by atoms with Crippen LogP contribution in [0.2, 0.25) is 0 Å². The maximum absolute atomic E-state index is 13.2. The fraction of sp³-hybridized carbons (Fsp3) is 0.115. The third-order valence-corrected chi connectivity index (χ3v) is 5.24. The molecule has 160 valence electrons. The summed E-state index contributed by atoms with van der Waals surface area (Å²) in [6.07, 6.45) is 0. The van der Waals surface area contributed by atoms with Gasteiger partial charge < -0.3 is 14.8 Å². The summed E-state index contributed by atoms with van der Waals surface area (Å²) in [5, 5.41) is 3.68. The minimum Gasteiger partial charge on any atom is -0.497 e. The van der Waals surface area contributed by atoms with Gasteiger partial charge in [0.25, 0.3) is 5.91 Å². The first-order valence-electron chi connectivity index (χ1n) is 10.0. The maximum atomic E-state index is 13.2. The van der Waals surface area contributed by atoms with E-state index < -0.39 is 5.97 Å². The number of nitrogens with zero attached hydrogens (tertiary/aromatic N) is 1. The topological polar surface area (TPSA) is 77.5 Å². The lowest BCUT2D eigenvalue weighted by Gasteiger charge is -2.12. The van der Waals surface area contributed by atoms with Crippen LogP contribution in [0.25, 0.3) is 22.2 Å². The summed E-state index contributed by atoms with van der Waals surface area (Å²) >= 11 is 0. The zero-order valence-corrected chi connectivity index (χ0v) is 18.0. The minimum absolute atomic E-state index is 0.261. The van der Waals surface area contributed by atoms with Crippen molar-refractivity contribution >= 4 is 28.5 Å². The van der Waals surface area contributed by atoms with Gasteiger partial charge in [-0.2, -0.15) is 0 Å². The van der Waals surface area contributed by atoms with E-state index in [0.717, 1.165) is 27.8 Å². The SMILES string of the molecule is COC(=O)c1ccc(NC(=O)c2cc(-c3ccc(OC)cc3)nc3c(C)cccc23)cc1. The third-order valence-electron chi connectivity index (χ3n) is 5.24. The lowest BCUT2D eigenvalue weighted by molar-refractivity contribution is 0.0600. The Morgan fingerprint density at radius 1 is 0.906 bits per heavy atom. The van der Waals surface area contributed by atoms with Crippen molar-refractivity contribution in [2.24, 2.45) is 0 Å². The molecule has 0 saturated heterocycles. The molecule has 0 spiro atoms. The number of amides is 1. The molecular formula is C26H22N2O4. The molecule has 1 heterocycles. The summed E-state index contributed by atoms with van der Waals surface area (Å²) in [5.41, 5.74) is 4.83. The number of hydrogen-bond donors (Lipinski definition) is 1. The summed E-state index contributed by atoms with van der Waals surface area (Å²) in [5.74, 6) is 0.0604. The zero-order chi connectivity index (χ0) is 22.7. The fourth-order valence-corrected chi connectivity index (χ4v) is 3.50. The van der Waals surface area contributed by atoms with Gasteiger partial charge in [-0.15, -0.1) is 0 Å². The summed E-state index contributed by atoms with van der Waals surface area (Å²) in [7, 11) is 2.95. The maximum Gasteiger partial charge on any atom is 0.337 e. The number of fused-ring (bicyclic) bond motifs is 1. The van der Waals surface area contributed by atoms with E-state index >= 15 is 0 Å². The highest BCUT2D eigenvalue weighted by Gasteiger charge is 2.16. The molecule has 4 rings (SSSR count). The number of nitrogens with one attached hydrogen (secondary N) is 1. The third kappa shape index (κ3) is 4.16. The quantitative estimate of drug-likeness (QED) is 0.441. The van der Waals surface area contributed by atoms with Gasteiger partial charge in [-0.3, -0.25) is 4.79 Å². The van der Waals surface area contributed by atoms with Crippen molar-refractivity contribution in [2.45, 2.75) is 6.92 Å². The Kier molecular flexibility index (Phi) is 5.85. The number of carbonyl (C=O) groups excluding carboxylic acids is 2. The predicted molar refractivity (Wildman–Crippen MR) is 124 cm³/mol. The molecule has 1 N–H and O–H groups in total. The lowest BCUT2D eigenvalue weighted by atomic mass is 10.0. The van der Waals surface area contributed by atoms with Gasteiger partial charge in [0.1, 0.15) is 5.75 Å². The second-order valence-electron chi connectivity index (χ2n) is 7.28. The molecule has 0 unspecified atom stereocenters. The van der Waals surface area contributed by atoms with E-state index in [-0.39, 0.29) is 5.91 Å². The Morgan fingerprint density at radius 3 is 2.28 bits per heavy atom. The predicted octanol–water partition coefficient (Wildman–Crippen LogP) is 5.26. The van der Waals surface area contributed by atoms with Gasteiger partial charge in [0.15, 0.2) is 0 Å². The number of rotatable bonds is 5. The highest BCUT2D eigenvalue weighted by atomic mass is 16.5. The van der Waals surface area contributed by atoms with E-state index in [9.17, 15) is 9.59 Å². The highest BCUT2D eigenvalue weighted by molar-refractivity contribution is 6.13. The molecule has 0 aliphatic heterocycles. The van der Waals surface area contributed by atoms with Crippen LogP contribution in [0, 0.1) is 6.92 Å². The number of esters is 1. The van der Waals surface area contributed by atoms with Gasteiger partial charge in [-0.25, -0.2) is 9.78 Å². The van der Waals surface area contributed by atoms with E-state index in [1.54, 1.807) is 37.4 Å². The van der Waals surface area contributed by atoms with Crippen molar-refractivity contribution in [2.75, 3.05) is 19.5 Å². The second-order valence-corrected chi connectivity index (χ2v) is 7.28. The van der Waals surface area contributed by atoms with Crippen molar-refractivity contribution in [3.05, 3.63) is 89.5 Å². The molecule has 1 amide bonds. The molecule has 6 nitrogen and oxygen atoms in total. The van der Waals surface area contributed by atoms with Gasteiger partial charge in [0, 0.05) is 16.6 Å². The molecule has 32 heavy (non-hydrogen) atoms. The average molecular weight is 426 g/mol. The number of aryl methyl sites for hydroxylation is 1. The number of pyridine rings is 1. The van der Waals surface area contributed by atoms with Crippen molar-refractivity contribution in [1.29, 1.82) is 0 Å². The number of ether oxygens (including phenoxy) is 2. The molecule has 0 aliphatic carbocycles. The number of hydrogen-bond acceptors (Lipinski definition) is 5.